The van der Waals surface area contributed by atoms with Crippen molar-refractivity contribution in [3.05, 3.63) is 29.7 Å². The molecule has 112 valence electrons. The van der Waals surface area contributed by atoms with Gasteiger partial charge in [-0.25, -0.2) is 13.4 Å². The van der Waals surface area contributed by atoms with Crippen LogP contribution in [0.4, 0.5) is 0 Å². The molecule has 2 heterocycles. The number of fused-ring (bicyclic) bond motifs is 1. The van der Waals surface area contributed by atoms with Crippen molar-refractivity contribution in [1.29, 1.82) is 0 Å². The molecule has 1 aliphatic heterocycles. The van der Waals surface area contributed by atoms with Crippen molar-refractivity contribution in [2.75, 3.05) is 11.5 Å². The molecular weight excluding hydrogens is 292 g/mol. The molecule has 6 nitrogen and oxygen atoms in total. The number of benzene rings is 1. The van der Waals surface area contributed by atoms with Crippen molar-refractivity contribution < 1.29 is 17.6 Å². The van der Waals surface area contributed by atoms with Crippen LogP contribution in [0.1, 0.15) is 17.9 Å². The largest absolute Gasteiger partial charge is 0.439 e. The lowest BCUT2D eigenvalue weighted by atomic mass is 10.1. The Morgan fingerprint density at radius 1 is 1.48 bits per heavy atom. The van der Waals surface area contributed by atoms with Gasteiger partial charge in [-0.1, -0.05) is 12.1 Å². The Hall–Kier alpha value is -1.89. The topological polar surface area (TPSA) is 89.3 Å². The second kappa shape index (κ2) is 5.14. The van der Waals surface area contributed by atoms with Crippen LogP contribution in [0.3, 0.4) is 0 Å². The number of aryl methyl sites for hydroxylation is 1. The first-order chi connectivity index (χ1) is 9.94. The highest BCUT2D eigenvalue weighted by molar-refractivity contribution is 7.91. The van der Waals surface area contributed by atoms with Gasteiger partial charge in [0.25, 0.3) is 0 Å². The summed E-state index contributed by atoms with van der Waals surface area (Å²) >= 11 is 0. The molecule has 1 atom stereocenters. The molecular formula is C14H16N2O4S. The fourth-order valence-electron chi connectivity index (χ4n) is 2.52. The Balaban J connectivity index is 1.66. The van der Waals surface area contributed by atoms with E-state index >= 15 is 0 Å². The molecule has 0 unspecified atom stereocenters. The maximum absolute atomic E-state index is 11.9. The minimum atomic E-state index is -3.05. The van der Waals surface area contributed by atoms with Gasteiger partial charge >= 0.3 is 0 Å². The fourth-order valence-corrected chi connectivity index (χ4v) is 4.26. The molecule has 2 aromatic rings. The molecule has 0 bridgehead atoms. The average molecular weight is 308 g/mol. The molecule has 1 N–H and O–H groups in total. The van der Waals surface area contributed by atoms with Crippen LogP contribution in [0.5, 0.6) is 0 Å². The van der Waals surface area contributed by atoms with Crippen molar-refractivity contribution in [3.63, 3.8) is 0 Å². The van der Waals surface area contributed by atoms with Gasteiger partial charge in [-0.3, -0.25) is 4.79 Å². The van der Waals surface area contributed by atoms with Crippen LogP contribution >= 0.6 is 0 Å². The molecule has 21 heavy (non-hydrogen) atoms. The zero-order valence-corrected chi connectivity index (χ0v) is 12.4. The number of nitrogens with one attached hydrogen (secondary N) is 1. The second-order valence-corrected chi connectivity index (χ2v) is 7.58. The highest BCUT2D eigenvalue weighted by Crippen LogP contribution is 2.20. The standard InChI is InChI=1S/C14H16N2O4S/c1-9-3-2-4-11-13(9)16-12(20-11)7-15-14(17)10-5-6-21(18,19)8-10/h2-4,10H,5-8H2,1H3,(H,15,17)/t10-/m0/s1. The number of nitrogens with zero attached hydrogens (tertiary/aromatic N) is 1. The van der Waals surface area contributed by atoms with E-state index in [1.807, 2.05) is 25.1 Å². The van der Waals surface area contributed by atoms with E-state index in [-0.39, 0.29) is 24.0 Å². The SMILES string of the molecule is Cc1cccc2oc(CNC(=O)[C@H]3CCS(=O)(=O)C3)nc12. The molecule has 1 aromatic carbocycles. The molecule has 1 aromatic heterocycles. The summed E-state index contributed by atoms with van der Waals surface area (Å²) in [6.07, 6.45) is 0.390. The van der Waals surface area contributed by atoms with Gasteiger partial charge in [-0.15, -0.1) is 0 Å². The third-order valence-electron chi connectivity index (χ3n) is 3.68. The molecule has 1 fully saturated rings. The predicted octanol–water partition coefficient (Wildman–Crippen LogP) is 1.19. The molecule has 1 amide bonds. The second-order valence-electron chi connectivity index (χ2n) is 5.35. The van der Waals surface area contributed by atoms with Crippen molar-refractivity contribution in [3.8, 4) is 0 Å². The van der Waals surface area contributed by atoms with E-state index in [0.29, 0.717) is 17.9 Å². The lowest BCUT2D eigenvalue weighted by molar-refractivity contribution is -0.124. The van der Waals surface area contributed by atoms with Crippen LogP contribution in [0.2, 0.25) is 0 Å². The number of hydrogen-bond donors (Lipinski definition) is 1. The predicted molar refractivity (Wildman–Crippen MR) is 77.4 cm³/mol. The number of para-hydroxylation sites is 1. The average Bonchev–Trinajstić information content (AvgIpc) is 3.00. The van der Waals surface area contributed by atoms with Crippen LogP contribution in [0.15, 0.2) is 22.6 Å². The first-order valence-corrected chi connectivity index (χ1v) is 8.60. The Bertz CT molecular complexity index is 794. The summed E-state index contributed by atoms with van der Waals surface area (Å²) in [5.41, 5.74) is 2.48. The molecule has 1 saturated heterocycles. The van der Waals surface area contributed by atoms with E-state index < -0.39 is 15.8 Å². The third kappa shape index (κ3) is 2.92. The summed E-state index contributed by atoms with van der Waals surface area (Å²) in [6, 6.07) is 5.65. The van der Waals surface area contributed by atoms with Crippen molar-refractivity contribution >= 4 is 26.8 Å². The molecule has 0 aliphatic carbocycles. The van der Waals surface area contributed by atoms with Gasteiger partial charge < -0.3 is 9.73 Å². The number of carbonyl (C=O) groups excluding carboxylic acids is 1. The van der Waals surface area contributed by atoms with E-state index in [1.54, 1.807) is 0 Å². The van der Waals surface area contributed by atoms with E-state index in [0.717, 1.165) is 11.1 Å². The lowest BCUT2D eigenvalue weighted by Crippen LogP contribution is -2.31. The van der Waals surface area contributed by atoms with Gasteiger partial charge in [0.1, 0.15) is 5.52 Å². The summed E-state index contributed by atoms with van der Waals surface area (Å²) in [5, 5.41) is 2.70. The van der Waals surface area contributed by atoms with Crippen LogP contribution in [-0.2, 0) is 21.2 Å². The number of aromatic nitrogens is 1. The fraction of sp³-hybridized carbons (Fsp3) is 0.429. The molecule has 7 heteroatoms. The number of sulfone groups is 1. The van der Waals surface area contributed by atoms with Crippen LogP contribution in [-0.4, -0.2) is 30.8 Å². The highest BCUT2D eigenvalue weighted by atomic mass is 32.2. The Kier molecular flexibility index (Phi) is 3.44. The quantitative estimate of drug-likeness (QED) is 0.920. The highest BCUT2D eigenvalue weighted by Gasteiger charge is 2.32. The van der Waals surface area contributed by atoms with Gasteiger partial charge in [-0.2, -0.15) is 0 Å². The molecule has 0 saturated carbocycles. The zero-order valence-electron chi connectivity index (χ0n) is 11.6. The zero-order chi connectivity index (χ0) is 15.0. The summed E-state index contributed by atoms with van der Waals surface area (Å²) in [5.74, 6) is -0.261. The number of oxazole rings is 1. The van der Waals surface area contributed by atoms with Gasteiger partial charge in [0.2, 0.25) is 11.8 Å². The maximum atomic E-state index is 11.9. The Morgan fingerprint density at radius 3 is 2.95 bits per heavy atom. The van der Waals surface area contributed by atoms with Gasteiger partial charge in [-0.05, 0) is 25.0 Å². The normalized spacial score (nSPS) is 20.7. The smallest absolute Gasteiger partial charge is 0.224 e. The van der Waals surface area contributed by atoms with E-state index in [1.165, 1.54) is 0 Å². The minimum absolute atomic E-state index is 0.0640. The van der Waals surface area contributed by atoms with E-state index in [9.17, 15) is 13.2 Å². The van der Waals surface area contributed by atoms with Crippen LogP contribution < -0.4 is 5.32 Å². The summed E-state index contributed by atoms with van der Waals surface area (Å²) < 4.78 is 28.3. The minimum Gasteiger partial charge on any atom is -0.439 e. The monoisotopic (exact) mass is 308 g/mol. The third-order valence-corrected chi connectivity index (χ3v) is 5.45. The first kappa shape index (κ1) is 14.1. The number of carbonyl (C=O) groups is 1. The molecule has 0 spiro atoms. The first-order valence-electron chi connectivity index (χ1n) is 6.78. The Labute approximate surface area is 122 Å². The van der Waals surface area contributed by atoms with Crippen LogP contribution in [0.25, 0.3) is 11.1 Å². The summed E-state index contributed by atoms with van der Waals surface area (Å²) in [6.45, 7) is 2.11. The molecule has 3 rings (SSSR count). The Morgan fingerprint density at radius 2 is 2.29 bits per heavy atom. The lowest BCUT2D eigenvalue weighted by Gasteiger charge is -2.07. The maximum Gasteiger partial charge on any atom is 0.224 e. The molecule has 1 aliphatic rings. The number of rotatable bonds is 3. The van der Waals surface area contributed by atoms with Gasteiger partial charge in [0.15, 0.2) is 15.4 Å². The number of hydrogen-bond acceptors (Lipinski definition) is 5. The van der Waals surface area contributed by atoms with E-state index in [2.05, 4.69) is 10.3 Å². The van der Waals surface area contributed by atoms with Crippen molar-refractivity contribution in [1.82, 2.24) is 10.3 Å². The number of amides is 1. The summed E-state index contributed by atoms with van der Waals surface area (Å²) in [4.78, 5) is 16.3. The van der Waals surface area contributed by atoms with Crippen molar-refractivity contribution in [2.24, 2.45) is 5.92 Å². The van der Waals surface area contributed by atoms with Gasteiger partial charge in [0.05, 0.1) is 24.0 Å². The van der Waals surface area contributed by atoms with E-state index in [4.69, 9.17) is 4.42 Å². The van der Waals surface area contributed by atoms with Gasteiger partial charge in [0, 0.05) is 0 Å². The van der Waals surface area contributed by atoms with Crippen LogP contribution in [0, 0.1) is 12.8 Å². The summed E-state index contributed by atoms with van der Waals surface area (Å²) in [7, 11) is -3.05. The molecule has 0 radical (unpaired) electrons. The van der Waals surface area contributed by atoms with Crippen molar-refractivity contribution in [2.45, 2.75) is 19.9 Å².